The van der Waals surface area contributed by atoms with Crippen molar-refractivity contribution in [3.63, 3.8) is 0 Å². The van der Waals surface area contributed by atoms with Gasteiger partial charge in [-0.2, -0.15) is 0 Å². The molecule has 1 aliphatic rings. The molecule has 1 aromatic rings. The Morgan fingerprint density at radius 1 is 1.32 bits per heavy atom. The van der Waals surface area contributed by atoms with Crippen LogP contribution in [0.15, 0.2) is 18.2 Å². The Morgan fingerprint density at radius 2 is 2.00 bits per heavy atom. The van der Waals surface area contributed by atoms with Gasteiger partial charge in [-0.1, -0.05) is 26.7 Å². The van der Waals surface area contributed by atoms with E-state index in [2.05, 4.69) is 13.8 Å². The van der Waals surface area contributed by atoms with Gasteiger partial charge in [0.15, 0.2) is 0 Å². The predicted molar refractivity (Wildman–Crippen MR) is 75.7 cm³/mol. The Kier molecular flexibility index (Phi) is 4.35. The van der Waals surface area contributed by atoms with Crippen LogP contribution in [0.5, 0.6) is 11.5 Å². The highest BCUT2D eigenvalue weighted by atomic mass is 16.5. The summed E-state index contributed by atoms with van der Waals surface area (Å²) in [5, 5.41) is 10.4. The molecule has 0 saturated carbocycles. The van der Waals surface area contributed by atoms with Crippen molar-refractivity contribution < 1.29 is 14.6 Å². The lowest BCUT2D eigenvalue weighted by Gasteiger charge is -2.41. The van der Waals surface area contributed by atoms with Gasteiger partial charge < -0.3 is 14.6 Å². The fraction of sp³-hybridized carbons (Fsp3) is 0.625. The molecule has 1 N–H and O–H groups in total. The van der Waals surface area contributed by atoms with Crippen LogP contribution in [0.4, 0.5) is 0 Å². The zero-order valence-electron chi connectivity index (χ0n) is 12.1. The first-order valence-electron chi connectivity index (χ1n) is 7.19. The van der Waals surface area contributed by atoms with Crippen molar-refractivity contribution in [2.45, 2.75) is 57.7 Å². The van der Waals surface area contributed by atoms with Crippen LogP contribution in [-0.4, -0.2) is 17.8 Å². The first kappa shape index (κ1) is 14.2. The molecule has 0 amide bonds. The van der Waals surface area contributed by atoms with Gasteiger partial charge in [0.05, 0.1) is 13.2 Å². The van der Waals surface area contributed by atoms with E-state index in [1.807, 2.05) is 18.2 Å². The Balaban J connectivity index is 2.32. The zero-order valence-corrected chi connectivity index (χ0v) is 12.1. The molecular formula is C16H24O3. The molecule has 1 aromatic carbocycles. The maximum absolute atomic E-state index is 10.4. The molecule has 0 saturated heterocycles. The fourth-order valence-corrected chi connectivity index (χ4v) is 3.09. The lowest BCUT2D eigenvalue weighted by molar-refractivity contribution is -0.0269. The van der Waals surface area contributed by atoms with Gasteiger partial charge in [-0.05, 0) is 31.0 Å². The highest BCUT2D eigenvalue weighted by Crippen LogP contribution is 2.44. The van der Waals surface area contributed by atoms with Gasteiger partial charge in [-0.15, -0.1) is 0 Å². The summed E-state index contributed by atoms with van der Waals surface area (Å²) >= 11 is 0. The van der Waals surface area contributed by atoms with Gasteiger partial charge in [-0.3, -0.25) is 0 Å². The Morgan fingerprint density at radius 3 is 2.58 bits per heavy atom. The third-order valence-electron chi connectivity index (χ3n) is 3.88. The van der Waals surface area contributed by atoms with Gasteiger partial charge in [0.1, 0.15) is 17.1 Å². The molecule has 0 aliphatic carbocycles. The van der Waals surface area contributed by atoms with Crippen LogP contribution < -0.4 is 9.47 Å². The normalized spacial score (nSPS) is 20.5. The minimum absolute atomic E-state index is 0.204. The molecule has 19 heavy (non-hydrogen) atoms. The van der Waals surface area contributed by atoms with Crippen molar-refractivity contribution in [1.82, 2.24) is 0 Å². The van der Waals surface area contributed by atoms with E-state index in [0.717, 1.165) is 42.7 Å². The van der Waals surface area contributed by atoms with Crippen molar-refractivity contribution >= 4 is 0 Å². The SMILES string of the molecule is CCCC1(CCC)CC(O)c2cc(OC)ccc2O1. The molecule has 1 unspecified atom stereocenters. The van der Waals surface area contributed by atoms with Gasteiger partial charge in [-0.25, -0.2) is 0 Å². The van der Waals surface area contributed by atoms with Gasteiger partial charge in [0.2, 0.25) is 0 Å². The number of benzene rings is 1. The molecule has 3 nitrogen and oxygen atoms in total. The molecule has 0 fully saturated rings. The largest absolute Gasteiger partial charge is 0.497 e. The number of fused-ring (bicyclic) bond motifs is 1. The minimum atomic E-state index is -0.461. The van der Waals surface area contributed by atoms with Gasteiger partial charge in [0, 0.05) is 12.0 Å². The molecule has 1 aliphatic heterocycles. The Bertz CT molecular complexity index is 422. The second kappa shape index (κ2) is 5.83. The van der Waals surface area contributed by atoms with Crippen LogP contribution in [-0.2, 0) is 0 Å². The highest BCUT2D eigenvalue weighted by Gasteiger charge is 2.39. The van der Waals surface area contributed by atoms with Crippen molar-refractivity contribution in [2.75, 3.05) is 7.11 Å². The topological polar surface area (TPSA) is 38.7 Å². The number of hydrogen-bond donors (Lipinski definition) is 1. The van der Waals surface area contributed by atoms with Crippen LogP contribution in [0.2, 0.25) is 0 Å². The first-order valence-corrected chi connectivity index (χ1v) is 7.19. The predicted octanol–water partition coefficient (Wildman–Crippen LogP) is 3.85. The molecular weight excluding hydrogens is 240 g/mol. The summed E-state index contributed by atoms with van der Waals surface area (Å²) in [6, 6.07) is 5.68. The summed E-state index contributed by atoms with van der Waals surface area (Å²) in [6.45, 7) is 4.33. The van der Waals surface area contributed by atoms with Gasteiger partial charge >= 0.3 is 0 Å². The third kappa shape index (κ3) is 2.86. The molecule has 0 aromatic heterocycles. The quantitative estimate of drug-likeness (QED) is 0.878. The standard InChI is InChI=1S/C16H24O3/c1-4-8-16(9-5-2)11-14(17)13-10-12(18-3)6-7-15(13)19-16/h6-7,10,14,17H,4-5,8-9,11H2,1-3H3. The molecule has 106 valence electrons. The van der Waals surface area contributed by atoms with E-state index in [1.165, 1.54) is 0 Å². The van der Waals surface area contributed by atoms with E-state index < -0.39 is 6.10 Å². The summed E-state index contributed by atoms with van der Waals surface area (Å²) in [4.78, 5) is 0. The molecule has 1 heterocycles. The van der Waals surface area contributed by atoms with E-state index in [9.17, 15) is 5.11 Å². The maximum atomic E-state index is 10.4. The summed E-state index contributed by atoms with van der Waals surface area (Å²) in [7, 11) is 1.64. The third-order valence-corrected chi connectivity index (χ3v) is 3.88. The summed E-state index contributed by atoms with van der Waals surface area (Å²) in [6.07, 6.45) is 4.33. The van der Waals surface area contributed by atoms with Crippen molar-refractivity contribution in [3.8, 4) is 11.5 Å². The number of rotatable bonds is 5. The highest BCUT2D eigenvalue weighted by molar-refractivity contribution is 5.43. The van der Waals surface area contributed by atoms with Crippen LogP contribution in [0.1, 0.15) is 57.6 Å². The van der Waals surface area contributed by atoms with Crippen molar-refractivity contribution in [3.05, 3.63) is 23.8 Å². The number of aliphatic hydroxyl groups excluding tert-OH is 1. The molecule has 1 atom stereocenters. The van der Waals surface area contributed by atoms with E-state index >= 15 is 0 Å². The number of ether oxygens (including phenoxy) is 2. The van der Waals surface area contributed by atoms with Crippen LogP contribution >= 0.6 is 0 Å². The van der Waals surface area contributed by atoms with E-state index in [4.69, 9.17) is 9.47 Å². The Hall–Kier alpha value is -1.22. The molecule has 0 bridgehead atoms. The maximum Gasteiger partial charge on any atom is 0.126 e. The average Bonchev–Trinajstić information content (AvgIpc) is 2.39. The minimum Gasteiger partial charge on any atom is -0.497 e. The number of hydrogen-bond acceptors (Lipinski definition) is 3. The van der Waals surface area contributed by atoms with Crippen LogP contribution in [0.25, 0.3) is 0 Å². The van der Waals surface area contributed by atoms with Crippen LogP contribution in [0, 0.1) is 0 Å². The molecule has 2 rings (SSSR count). The van der Waals surface area contributed by atoms with E-state index in [1.54, 1.807) is 7.11 Å². The molecule has 3 heteroatoms. The average molecular weight is 264 g/mol. The summed E-state index contributed by atoms with van der Waals surface area (Å²) in [5.74, 6) is 1.57. The fourth-order valence-electron chi connectivity index (χ4n) is 3.09. The zero-order chi connectivity index (χ0) is 13.9. The lowest BCUT2D eigenvalue weighted by atomic mass is 9.82. The molecule has 0 radical (unpaired) electrons. The number of aliphatic hydroxyl groups is 1. The Labute approximate surface area is 115 Å². The monoisotopic (exact) mass is 264 g/mol. The second-order valence-corrected chi connectivity index (χ2v) is 5.41. The smallest absolute Gasteiger partial charge is 0.126 e. The van der Waals surface area contributed by atoms with Crippen molar-refractivity contribution in [1.29, 1.82) is 0 Å². The first-order chi connectivity index (χ1) is 9.14. The van der Waals surface area contributed by atoms with E-state index in [-0.39, 0.29) is 5.60 Å². The number of methoxy groups -OCH3 is 1. The second-order valence-electron chi connectivity index (χ2n) is 5.41. The van der Waals surface area contributed by atoms with Crippen LogP contribution in [0.3, 0.4) is 0 Å². The molecule has 0 spiro atoms. The van der Waals surface area contributed by atoms with Gasteiger partial charge in [0.25, 0.3) is 0 Å². The lowest BCUT2D eigenvalue weighted by Crippen LogP contribution is -2.41. The van der Waals surface area contributed by atoms with Crippen molar-refractivity contribution in [2.24, 2.45) is 0 Å². The summed E-state index contributed by atoms with van der Waals surface area (Å²) < 4.78 is 11.5. The van der Waals surface area contributed by atoms with E-state index in [0.29, 0.717) is 6.42 Å². The summed E-state index contributed by atoms with van der Waals surface area (Å²) in [5.41, 5.74) is 0.645.